The van der Waals surface area contributed by atoms with E-state index in [9.17, 15) is 4.79 Å². The van der Waals surface area contributed by atoms with Crippen molar-refractivity contribution >= 4 is 5.91 Å². The largest absolute Gasteiger partial charge is 0.372 e. The minimum Gasteiger partial charge on any atom is -0.372 e. The minimum absolute atomic E-state index is 0.102. The number of ether oxygens (including phenoxy) is 1. The molecule has 0 unspecified atom stereocenters. The molecule has 7 nitrogen and oxygen atoms in total. The Morgan fingerprint density at radius 3 is 2.38 bits per heavy atom. The van der Waals surface area contributed by atoms with Crippen LogP contribution in [0, 0.1) is 12.8 Å². The third-order valence-electron chi connectivity index (χ3n) is 5.06. The van der Waals surface area contributed by atoms with Crippen LogP contribution in [0.15, 0.2) is 4.52 Å². The van der Waals surface area contributed by atoms with Gasteiger partial charge in [-0.05, 0) is 53.6 Å². The van der Waals surface area contributed by atoms with Crippen LogP contribution in [-0.2, 0) is 9.53 Å². The van der Waals surface area contributed by atoms with E-state index in [0.29, 0.717) is 24.8 Å². The molecule has 2 aliphatic rings. The number of morpholine rings is 1. The average Bonchev–Trinajstić information content (AvgIpc) is 2.99. The summed E-state index contributed by atoms with van der Waals surface area (Å²) < 4.78 is 11.0. The first kappa shape index (κ1) is 17.4. The third kappa shape index (κ3) is 3.78. The number of piperidine rings is 1. The molecule has 2 fully saturated rings. The van der Waals surface area contributed by atoms with E-state index in [0.717, 1.165) is 25.9 Å². The first-order valence-corrected chi connectivity index (χ1v) is 8.92. The van der Waals surface area contributed by atoms with Gasteiger partial charge in [0.15, 0.2) is 5.82 Å². The van der Waals surface area contributed by atoms with Crippen molar-refractivity contribution in [2.75, 3.05) is 26.2 Å². The van der Waals surface area contributed by atoms with E-state index in [2.05, 4.69) is 22.0 Å². The highest BCUT2D eigenvalue weighted by atomic mass is 16.5. The zero-order valence-corrected chi connectivity index (χ0v) is 15.1. The molecule has 0 aliphatic carbocycles. The molecule has 0 aromatic carbocycles. The number of likely N-dealkylation sites (tertiary alicyclic amines) is 1. The molecule has 0 radical (unpaired) electrons. The van der Waals surface area contributed by atoms with Crippen LogP contribution < -0.4 is 0 Å². The summed E-state index contributed by atoms with van der Waals surface area (Å²) in [5.41, 5.74) is 0. The smallest absolute Gasteiger partial charge is 0.243 e. The van der Waals surface area contributed by atoms with E-state index in [-0.39, 0.29) is 30.1 Å². The molecule has 2 saturated heterocycles. The molecule has 1 aromatic heterocycles. The molecule has 0 spiro atoms. The van der Waals surface area contributed by atoms with Crippen LogP contribution >= 0.6 is 0 Å². The van der Waals surface area contributed by atoms with Crippen molar-refractivity contribution in [3.05, 3.63) is 11.7 Å². The first-order valence-electron chi connectivity index (χ1n) is 8.92. The van der Waals surface area contributed by atoms with E-state index < -0.39 is 0 Å². The van der Waals surface area contributed by atoms with Crippen molar-refractivity contribution in [1.29, 1.82) is 0 Å². The van der Waals surface area contributed by atoms with Crippen LogP contribution in [0.1, 0.15) is 51.4 Å². The van der Waals surface area contributed by atoms with E-state index in [4.69, 9.17) is 9.26 Å². The van der Waals surface area contributed by atoms with Crippen molar-refractivity contribution < 1.29 is 14.1 Å². The first-order chi connectivity index (χ1) is 11.4. The van der Waals surface area contributed by atoms with Gasteiger partial charge >= 0.3 is 0 Å². The predicted octanol–water partition coefficient (Wildman–Crippen LogP) is 1.79. The number of carbonyl (C=O) groups excluding carboxylic acids is 1. The summed E-state index contributed by atoms with van der Waals surface area (Å²) in [6.45, 7) is 11.2. The lowest BCUT2D eigenvalue weighted by molar-refractivity contribution is -0.149. The molecular formula is C17H28N4O3. The van der Waals surface area contributed by atoms with Crippen molar-refractivity contribution in [2.24, 2.45) is 5.92 Å². The fraction of sp³-hybridized carbons (Fsp3) is 0.824. The molecule has 1 amide bonds. The molecule has 7 heteroatoms. The molecule has 24 heavy (non-hydrogen) atoms. The average molecular weight is 336 g/mol. The van der Waals surface area contributed by atoms with Crippen LogP contribution in [0.3, 0.4) is 0 Å². The fourth-order valence-electron chi connectivity index (χ4n) is 3.79. The van der Waals surface area contributed by atoms with E-state index in [1.165, 1.54) is 0 Å². The fourth-order valence-corrected chi connectivity index (χ4v) is 3.79. The highest BCUT2D eigenvalue weighted by molar-refractivity contribution is 5.79. The maximum Gasteiger partial charge on any atom is 0.243 e. The lowest BCUT2D eigenvalue weighted by Crippen LogP contribution is -2.51. The van der Waals surface area contributed by atoms with E-state index in [1.54, 1.807) is 0 Å². The van der Waals surface area contributed by atoms with Gasteiger partial charge in [0.1, 0.15) is 0 Å². The quantitative estimate of drug-likeness (QED) is 0.838. The summed E-state index contributed by atoms with van der Waals surface area (Å²) in [6.07, 6.45) is 2.02. The van der Waals surface area contributed by atoms with Gasteiger partial charge in [0.25, 0.3) is 0 Å². The highest BCUT2D eigenvalue weighted by Crippen LogP contribution is 2.27. The van der Waals surface area contributed by atoms with E-state index >= 15 is 0 Å². The lowest BCUT2D eigenvalue weighted by Gasteiger charge is -2.39. The molecule has 1 aromatic rings. The van der Waals surface area contributed by atoms with E-state index in [1.807, 2.05) is 25.7 Å². The number of aromatic nitrogens is 2. The van der Waals surface area contributed by atoms with Gasteiger partial charge in [0, 0.05) is 19.0 Å². The Balaban J connectivity index is 1.54. The minimum atomic E-state index is 0.102. The summed E-state index contributed by atoms with van der Waals surface area (Å²) in [4.78, 5) is 21.4. The van der Waals surface area contributed by atoms with Gasteiger partial charge in [-0.3, -0.25) is 9.69 Å². The van der Waals surface area contributed by atoms with Crippen molar-refractivity contribution in [3.63, 3.8) is 0 Å². The van der Waals surface area contributed by atoms with Gasteiger partial charge in [0.05, 0.1) is 18.2 Å². The van der Waals surface area contributed by atoms with Gasteiger partial charge in [-0.2, -0.15) is 4.98 Å². The lowest BCUT2D eigenvalue weighted by atomic mass is 9.94. The Hall–Kier alpha value is -1.47. The Morgan fingerprint density at radius 1 is 1.21 bits per heavy atom. The van der Waals surface area contributed by atoms with Crippen LogP contribution in [0.5, 0.6) is 0 Å². The number of hydrogen-bond acceptors (Lipinski definition) is 6. The van der Waals surface area contributed by atoms with Crippen LogP contribution in [0.4, 0.5) is 0 Å². The summed E-state index contributed by atoms with van der Waals surface area (Å²) in [7, 11) is 0. The maximum absolute atomic E-state index is 12.8. The highest BCUT2D eigenvalue weighted by Gasteiger charge is 2.34. The zero-order chi connectivity index (χ0) is 17.3. The Morgan fingerprint density at radius 2 is 1.83 bits per heavy atom. The molecule has 3 atom stereocenters. The summed E-state index contributed by atoms with van der Waals surface area (Å²) in [5, 5.41) is 3.87. The molecule has 134 valence electrons. The summed E-state index contributed by atoms with van der Waals surface area (Å²) in [6, 6.07) is 0.102. The van der Waals surface area contributed by atoms with Gasteiger partial charge in [-0.1, -0.05) is 5.16 Å². The van der Waals surface area contributed by atoms with Gasteiger partial charge in [-0.15, -0.1) is 0 Å². The molecule has 3 heterocycles. The second-order valence-electron chi connectivity index (χ2n) is 7.17. The molecule has 3 rings (SSSR count). The SMILES string of the molecule is Cc1noc([C@H](C)N2CCC(C(=O)N3C[C@@H](C)O[C@H](C)C3)CC2)n1. The molecule has 0 bridgehead atoms. The third-order valence-corrected chi connectivity index (χ3v) is 5.06. The summed E-state index contributed by atoms with van der Waals surface area (Å²) >= 11 is 0. The second-order valence-corrected chi connectivity index (χ2v) is 7.17. The topological polar surface area (TPSA) is 71.7 Å². The number of carbonyl (C=O) groups is 1. The Bertz CT molecular complexity index is 558. The number of rotatable bonds is 3. The van der Waals surface area contributed by atoms with Gasteiger partial charge in [-0.25, -0.2) is 0 Å². The van der Waals surface area contributed by atoms with Crippen LogP contribution in [0.25, 0.3) is 0 Å². The normalized spacial score (nSPS) is 28.1. The van der Waals surface area contributed by atoms with Crippen molar-refractivity contribution in [1.82, 2.24) is 19.9 Å². The number of aryl methyl sites for hydroxylation is 1. The molecule has 2 aliphatic heterocycles. The monoisotopic (exact) mass is 336 g/mol. The van der Waals surface area contributed by atoms with Crippen molar-refractivity contribution in [2.45, 2.75) is 58.8 Å². The molecular weight excluding hydrogens is 308 g/mol. The second kappa shape index (κ2) is 7.19. The number of hydrogen-bond donors (Lipinski definition) is 0. The van der Waals surface area contributed by atoms with Gasteiger partial charge in [0.2, 0.25) is 11.8 Å². The number of amides is 1. The summed E-state index contributed by atoms with van der Waals surface area (Å²) in [5.74, 6) is 1.74. The Labute approximate surface area is 143 Å². The predicted molar refractivity (Wildman–Crippen MR) is 88.3 cm³/mol. The van der Waals surface area contributed by atoms with Crippen LogP contribution in [0.2, 0.25) is 0 Å². The zero-order valence-electron chi connectivity index (χ0n) is 15.1. The maximum atomic E-state index is 12.8. The standard InChI is InChI=1S/C17H28N4O3/c1-11-9-21(10-12(2)23-11)17(22)15-5-7-20(8-6-15)13(3)16-18-14(4)19-24-16/h11-13,15H,5-10H2,1-4H3/t11-,12-,13+/m1/s1. The molecule has 0 N–H and O–H groups in total. The molecule has 0 saturated carbocycles. The Kier molecular flexibility index (Phi) is 5.20. The van der Waals surface area contributed by atoms with Gasteiger partial charge < -0.3 is 14.2 Å². The number of nitrogens with zero attached hydrogens (tertiary/aromatic N) is 4. The van der Waals surface area contributed by atoms with Crippen LogP contribution in [-0.4, -0.2) is 64.2 Å². The van der Waals surface area contributed by atoms with Crippen molar-refractivity contribution in [3.8, 4) is 0 Å².